The highest BCUT2D eigenvalue weighted by molar-refractivity contribution is 6.03. The number of nitrogens with one attached hydrogen (secondary N) is 3. The van der Waals surface area contributed by atoms with E-state index in [2.05, 4.69) is 10.1 Å². The summed E-state index contributed by atoms with van der Waals surface area (Å²) >= 11 is 0. The summed E-state index contributed by atoms with van der Waals surface area (Å²) in [6.07, 6.45) is -5.00. The third-order valence-electron chi connectivity index (χ3n) is 2.41. The van der Waals surface area contributed by atoms with Crippen molar-refractivity contribution in [1.82, 2.24) is 16.2 Å². The number of rotatable bonds is 3. The SMILES string of the molecule is COC(=O)C1=C(C(F)(F)F)NNC(=O)C1(O)NC(C)C. The number of hydrogen-bond donors (Lipinski definition) is 4. The first-order chi connectivity index (χ1) is 9.04. The Labute approximate surface area is 112 Å². The van der Waals surface area contributed by atoms with Crippen molar-refractivity contribution < 1.29 is 32.6 Å². The Hall–Kier alpha value is -1.81. The van der Waals surface area contributed by atoms with Crippen LogP contribution in [0.5, 0.6) is 0 Å². The number of hydrogen-bond acceptors (Lipinski definition) is 6. The Morgan fingerprint density at radius 3 is 2.35 bits per heavy atom. The minimum absolute atomic E-state index is 0.585. The summed E-state index contributed by atoms with van der Waals surface area (Å²) in [4.78, 5) is 23.2. The molecule has 1 aliphatic rings. The first-order valence-electron chi connectivity index (χ1n) is 5.50. The Morgan fingerprint density at radius 2 is 1.95 bits per heavy atom. The molecule has 0 aromatic heterocycles. The summed E-state index contributed by atoms with van der Waals surface area (Å²) in [6, 6.07) is -0.585. The van der Waals surface area contributed by atoms with Crippen LogP contribution in [0.3, 0.4) is 0 Å². The van der Waals surface area contributed by atoms with Gasteiger partial charge in [-0.25, -0.2) is 4.79 Å². The van der Waals surface area contributed by atoms with Crippen LogP contribution < -0.4 is 16.2 Å². The molecular formula is C10H14F3N3O4. The van der Waals surface area contributed by atoms with Crippen LogP contribution in [0.2, 0.25) is 0 Å². The zero-order valence-electron chi connectivity index (χ0n) is 10.9. The first-order valence-corrected chi connectivity index (χ1v) is 5.50. The number of carbonyl (C=O) groups excluding carboxylic acids is 2. The predicted molar refractivity (Wildman–Crippen MR) is 59.6 cm³/mol. The zero-order chi connectivity index (χ0) is 15.7. The van der Waals surface area contributed by atoms with Crippen molar-refractivity contribution >= 4 is 11.9 Å². The Kier molecular flexibility index (Phi) is 4.30. The van der Waals surface area contributed by atoms with Crippen LogP contribution in [0.15, 0.2) is 11.3 Å². The predicted octanol–water partition coefficient (Wildman–Crippen LogP) is -0.703. The van der Waals surface area contributed by atoms with Gasteiger partial charge in [0, 0.05) is 6.04 Å². The van der Waals surface area contributed by atoms with Gasteiger partial charge in [-0.1, -0.05) is 0 Å². The number of carbonyl (C=O) groups is 2. The summed E-state index contributed by atoms with van der Waals surface area (Å²) in [5.41, 5.74) is -2.48. The molecule has 114 valence electrons. The number of ether oxygens (including phenoxy) is 1. The molecule has 0 bridgehead atoms. The molecule has 1 rings (SSSR count). The van der Waals surface area contributed by atoms with E-state index >= 15 is 0 Å². The lowest BCUT2D eigenvalue weighted by atomic mass is 9.96. The standard InChI is InChI=1S/C10H14F3N3O4/c1-4(2)14-9(19)5(7(17)20-3)6(10(11,12)13)15-16-8(9)18/h4,14-15,19H,1-3H3,(H,16,18). The topological polar surface area (TPSA) is 99.7 Å². The van der Waals surface area contributed by atoms with E-state index in [0.717, 1.165) is 7.11 Å². The van der Waals surface area contributed by atoms with E-state index in [1.807, 2.05) is 0 Å². The molecule has 1 amide bonds. The van der Waals surface area contributed by atoms with E-state index in [1.54, 1.807) is 10.9 Å². The number of esters is 1. The molecule has 0 aromatic rings. The van der Waals surface area contributed by atoms with Crippen LogP contribution in [0.25, 0.3) is 0 Å². The van der Waals surface area contributed by atoms with E-state index in [9.17, 15) is 27.9 Å². The lowest BCUT2D eigenvalue weighted by molar-refractivity contribution is -0.155. The quantitative estimate of drug-likeness (QED) is 0.406. The maximum atomic E-state index is 12.9. The van der Waals surface area contributed by atoms with E-state index in [4.69, 9.17) is 0 Å². The third-order valence-corrected chi connectivity index (χ3v) is 2.41. The number of hydrazine groups is 1. The van der Waals surface area contributed by atoms with Crippen LogP contribution >= 0.6 is 0 Å². The third kappa shape index (κ3) is 2.85. The van der Waals surface area contributed by atoms with Crippen molar-refractivity contribution in [1.29, 1.82) is 0 Å². The average Bonchev–Trinajstić information content (AvgIpc) is 2.29. The van der Waals surface area contributed by atoms with Gasteiger partial charge in [-0.15, -0.1) is 0 Å². The van der Waals surface area contributed by atoms with Crippen molar-refractivity contribution in [2.24, 2.45) is 0 Å². The molecule has 0 saturated carbocycles. The molecule has 10 heteroatoms. The molecule has 1 heterocycles. The Morgan fingerprint density at radius 1 is 1.40 bits per heavy atom. The van der Waals surface area contributed by atoms with Gasteiger partial charge in [0.15, 0.2) is 5.70 Å². The second kappa shape index (κ2) is 5.29. The number of aliphatic hydroxyl groups is 1. The van der Waals surface area contributed by atoms with Gasteiger partial charge in [-0.2, -0.15) is 13.2 Å². The molecule has 4 N–H and O–H groups in total. The maximum absolute atomic E-state index is 12.9. The lowest BCUT2D eigenvalue weighted by Crippen LogP contribution is -2.68. The molecule has 1 atom stereocenters. The fourth-order valence-electron chi connectivity index (χ4n) is 1.69. The summed E-state index contributed by atoms with van der Waals surface area (Å²) in [5, 5.41) is 12.4. The molecule has 20 heavy (non-hydrogen) atoms. The van der Waals surface area contributed by atoms with E-state index in [1.165, 1.54) is 13.8 Å². The van der Waals surface area contributed by atoms with Crippen molar-refractivity contribution in [3.05, 3.63) is 11.3 Å². The highest BCUT2D eigenvalue weighted by Gasteiger charge is 2.54. The Balaban J connectivity index is 3.51. The number of amides is 1. The molecule has 0 aliphatic carbocycles. The molecule has 0 aromatic carbocycles. The largest absolute Gasteiger partial charge is 0.465 e. The number of methoxy groups -OCH3 is 1. The zero-order valence-corrected chi connectivity index (χ0v) is 10.9. The van der Waals surface area contributed by atoms with Gasteiger partial charge in [-0.3, -0.25) is 21.0 Å². The Bertz CT molecular complexity index is 461. The normalized spacial score (nSPS) is 23.5. The minimum atomic E-state index is -5.00. The molecule has 0 saturated heterocycles. The lowest BCUT2D eigenvalue weighted by Gasteiger charge is -2.36. The summed E-state index contributed by atoms with van der Waals surface area (Å²) < 4.78 is 42.9. The summed E-state index contributed by atoms with van der Waals surface area (Å²) in [5.74, 6) is -2.73. The van der Waals surface area contributed by atoms with Crippen molar-refractivity contribution in [3.63, 3.8) is 0 Å². The van der Waals surface area contributed by atoms with E-state index < -0.39 is 41.1 Å². The van der Waals surface area contributed by atoms with Gasteiger partial charge in [0.05, 0.1) is 7.11 Å². The van der Waals surface area contributed by atoms with Crippen molar-refractivity contribution in [2.45, 2.75) is 31.8 Å². The van der Waals surface area contributed by atoms with Crippen molar-refractivity contribution in [3.8, 4) is 0 Å². The second-order valence-electron chi connectivity index (χ2n) is 4.33. The summed E-state index contributed by atoms with van der Waals surface area (Å²) in [7, 11) is 0.839. The molecule has 1 unspecified atom stereocenters. The van der Waals surface area contributed by atoms with Gasteiger partial charge < -0.3 is 9.84 Å². The molecular weight excluding hydrogens is 283 g/mol. The minimum Gasteiger partial charge on any atom is -0.465 e. The fourth-order valence-corrected chi connectivity index (χ4v) is 1.69. The van der Waals surface area contributed by atoms with E-state index in [0.29, 0.717) is 0 Å². The smallest absolute Gasteiger partial charge is 0.433 e. The summed E-state index contributed by atoms with van der Waals surface area (Å²) in [6.45, 7) is 2.96. The average molecular weight is 297 g/mol. The highest BCUT2D eigenvalue weighted by atomic mass is 19.4. The number of halogens is 3. The maximum Gasteiger partial charge on any atom is 0.433 e. The van der Waals surface area contributed by atoms with E-state index in [-0.39, 0.29) is 0 Å². The van der Waals surface area contributed by atoms with Gasteiger partial charge in [0.2, 0.25) is 5.72 Å². The molecule has 0 radical (unpaired) electrons. The highest BCUT2D eigenvalue weighted by Crippen LogP contribution is 2.32. The monoisotopic (exact) mass is 297 g/mol. The van der Waals surface area contributed by atoms with Crippen LogP contribution in [0.4, 0.5) is 13.2 Å². The molecule has 1 aliphatic heterocycles. The number of alkyl halides is 3. The van der Waals surface area contributed by atoms with Crippen LogP contribution in [0.1, 0.15) is 13.8 Å². The van der Waals surface area contributed by atoms with Gasteiger partial charge >= 0.3 is 12.1 Å². The van der Waals surface area contributed by atoms with Crippen molar-refractivity contribution in [2.75, 3.05) is 7.11 Å². The fraction of sp³-hybridized carbons (Fsp3) is 0.600. The van der Waals surface area contributed by atoms with Gasteiger partial charge in [-0.05, 0) is 13.8 Å². The van der Waals surface area contributed by atoms with Crippen LogP contribution in [0, 0.1) is 0 Å². The van der Waals surface area contributed by atoms with Gasteiger partial charge in [0.25, 0.3) is 5.91 Å². The van der Waals surface area contributed by atoms with Crippen LogP contribution in [-0.2, 0) is 14.3 Å². The molecule has 7 nitrogen and oxygen atoms in total. The van der Waals surface area contributed by atoms with Gasteiger partial charge in [0.1, 0.15) is 5.57 Å². The second-order valence-corrected chi connectivity index (χ2v) is 4.33. The number of allylic oxidation sites excluding steroid dienone is 1. The molecule has 0 spiro atoms. The first kappa shape index (κ1) is 16.2. The van der Waals surface area contributed by atoms with Crippen LogP contribution in [-0.4, -0.2) is 42.0 Å². The molecule has 0 fully saturated rings.